The molecule has 1 N–H and O–H groups in total. The summed E-state index contributed by atoms with van der Waals surface area (Å²) in [7, 11) is 2.23. The smallest absolute Gasteiger partial charge is 0.293 e. The van der Waals surface area contributed by atoms with Gasteiger partial charge < -0.3 is 15.0 Å². The van der Waals surface area contributed by atoms with Crippen molar-refractivity contribution in [2.45, 2.75) is 59.5 Å². The molecule has 2 rings (SSSR count). The molecule has 2 fully saturated rings. The second-order valence-corrected chi connectivity index (χ2v) is 6.56. The molecule has 2 aliphatic heterocycles. The van der Waals surface area contributed by atoms with E-state index in [4.69, 9.17) is 0 Å². The third-order valence-corrected chi connectivity index (χ3v) is 3.78. The van der Waals surface area contributed by atoms with Gasteiger partial charge in [0.15, 0.2) is 0 Å². The predicted octanol–water partition coefficient (Wildman–Crippen LogP) is 2.68. The molecule has 0 aromatic rings. The highest BCUT2D eigenvalue weighted by molar-refractivity contribution is 5.37. The number of piperidine rings is 1. The minimum absolute atomic E-state index is 0.318. The Labute approximate surface area is 125 Å². The van der Waals surface area contributed by atoms with Crippen molar-refractivity contribution in [2.24, 2.45) is 5.41 Å². The van der Waals surface area contributed by atoms with Crippen LogP contribution in [0.25, 0.3) is 0 Å². The summed E-state index contributed by atoms with van der Waals surface area (Å²) in [5.74, 6) is 0. The first-order valence-electron chi connectivity index (χ1n) is 7.88. The van der Waals surface area contributed by atoms with Gasteiger partial charge in [-0.25, -0.2) is 0 Å². The minimum atomic E-state index is -0.318. The highest BCUT2D eigenvalue weighted by Gasteiger charge is 2.35. The fourth-order valence-electron chi connectivity index (χ4n) is 2.46. The number of nitrogens with one attached hydrogen (secondary N) is 1. The van der Waals surface area contributed by atoms with Crippen LogP contribution < -0.4 is 5.32 Å². The topological polar surface area (TPSA) is 41.6 Å². The van der Waals surface area contributed by atoms with Gasteiger partial charge in [0, 0.05) is 6.54 Å². The molecule has 0 atom stereocenters. The summed E-state index contributed by atoms with van der Waals surface area (Å²) in [4.78, 5) is 12.0. The van der Waals surface area contributed by atoms with Gasteiger partial charge in [0.2, 0.25) is 0 Å². The van der Waals surface area contributed by atoms with Crippen molar-refractivity contribution in [1.29, 1.82) is 0 Å². The van der Waals surface area contributed by atoms with Crippen molar-refractivity contribution in [2.75, 3.05) is 33.2 Å². The predicted molar refractivity (Wildman–Crippen MR) is 84.9 cm³/mol. The lowest BCUT2D eigenvalue weighted by Gasteiger charge is -2.37. The standard InChI is InChI=1S/C9H18N2.C5H10O2.C2H6/c1-11-6-3-9(4-7-11)2-5-10-8-9;1-5(2,3)7-4-6;1-2/h10H,2-8H2,1H3;4H,1-3H3;1-2H3. The van der Waals surface area contributed by atoms with Crippen LogP contribution in [-0.4, -0.2) is 50.2 Å². The number of carbonyl (C=O) groups excluding carboxylic acids is 1. The molecular formula is C16H34N2O2. The van der Waals surface area contributed by atoms with Gasteiger partial charge in [0.25, 0.3) is 6.47 Å². The number of carbonyl (C=O) groups is 1. The van der Waals surface area contributed by atoms with E-state index in [1.165, 1.54) is 45.4 Å². The number of likely N-dealkylation sites (tertiary alicyclic amines) is 1. The van der Waals surface area contributed by atoms with Crippen LogP contribution in [0.15, 0.2) is 0 Å². The first kappa shape index (κ1) is 19.4. The van der Waals surface area contributed by atoms with E-state index in [0.717, 1.165) is 0 Å². The van der Waals surface area contributed by atoms with E-state index in [1.54, 1.807) is 0 Å². The van der Waals surface area contributed by atoms with Crippen molar-refractivity contribution in [3.63, 3.8) is 0 Å². The van der Waals surface area contributed by atoms with E-state index in [0.29, 0.717) is 11.9 Å². The van der Waals surface area contributed by atoms with Crippen LogP contribution in [0.5, 0.6) is 0 Å². The maximum atomic E-state index is 9.60. The van der Waals surface area contributed by atoms with Crippen molar-refractivity contribution in [1.82, 2.24) is 10.2 Å². The summed E-state index contributed by atoms with van der Waals surface area (Å²) >= 11 is 0. The average molecular weight is 286 g/mol. The molecule has 0 amide bonds. The number of hydrogen-bond donors (Lipinski definition) is 1. The van der Waals surface area contributed by atoms with Crippen molar-refractivity contribution in [3.8, 4) is 0 Å². The lowest BCUT2D eigenvalue weighted by Crippen LogP contribution is -2.39. The Morgan fingerprint density at radius 1 is 1.15 bits per heavy atom. The van der Waals surface area contributed by atoms with Crippen LogP contribution in [0.2, 0.25) is 0 Å². The van der Waals surface area contributed by atoms with E-state index < -0.39 is 0 Å². The Morgan fingerprint density at radius 2 is 1.70 bits per heavy atom. The lowest BCUT2D eigenvalue weighted by molar-refractivity contribution is -0.138. The average Bonchev–Trinajstić information content (AvgIpc) is 2.84. The minimum Gasteiger partial charge on any atom is -0.462 e. The quantitative estimate of drug-likeness (QED) is 0.753. The molecule has 2 aliphatic rings. The highest BCUT2D eigenvalue weighted by Crippen LogP contribution is 2.36. The summed E-state index contributed by atoms with van der Waals surface area (Å²) in [6, 6.07) is 0. The van der Waals surface area contributed by atoms with Crippen molar-refractivity contribution < 1.29 is 9.53 Å². The van der Waals surface area contributed by atoms with E-state index in [9.17, 15) is 4.79 Å². The molecule has 0 saturated carbocycles. The zero-order chi connectivity index (χ0) is 15.6. The summed E-state index contributed by atoms with van der Waals surface area (Å²) in [5, 5.41) is 3.48. The molecule has 0 aromatic heterocycles. The van der Waals surface area contributed by atoms with Gasteiger partial charge in [-0.15, -0.1) is 0 Å². The van der Waals surface area contributed by atoms with Crippen LogP contribution in [0.1, 0.15) is 53.9 Å². The van der Waals surface area contributed by atoms with Gasteiger partial charge in [-0.1, -0.05) is 13.8 Å². The number of nitrogens with zero attached hydrogens (tertiary/aromatic N) is 1. The van der Waals surface area contributed by atoms with Crippen LogP contribution in [0, 0.1) is 5.41 Å². The second kappa shape index (κ2) is 9.35. The molecule has 4 heteroatoms. The first-order chi connectivity index (χ1) is 9.37. The van der Waals surface area contributed by atoms with Gasteiger partial charge in [-0.05, 0) is 72.1 Å². The van der Waals surface area contributed by atoms with Crippen LogP contribution in [-0.2, 0) is 9.53 Å². The van der Waals surface area contributed by atoms with Gasteiger partial charge in [0.1, 0.15) is 5.60 Å². The van der Waals surface area contributed by atoms with Crippen LogP contribution in [0.3, 0.4) is 0 Å². The lowest BCUT2D eigenvalue weighted by atomic mass is 9.78. The largest absolute Gasteiger partial charge is 0.462 e. The fourth-order valence-corrected chi connectivity index (χ4v) is 2.46. The van der Waals surface area contributed by atoms with Crippen molar-refractivity contribution in [3.05, 3.63) is 0 Å². The molecule has 1 spiro atoms. The van der Waals surface area contributed by atoms with E-state index in [2.05, 4.69) is 22.0 Å². The number of hydrogen-bond acceptors (Lipinski definition) is 4. The maximum absolute atomic E-state index is 9.60. The molecule has 0 bridgehead atoms. The zero-order valence-electron chi connectivity index (χ0n) is 14.3. The molecular weight excluding hydrogens is 252 g/mol. The van der Waals surface area contributed by atoms with E-state index in [-0.39, 0.29) is 5.60 Å². The van der Waals surface area contributed by atoms with Crippen LogP contribution in [0.4, 0.5) is 0 Å². The third-order valence-electron chi connectivity index (χ3n) is 3.78. The first-order valence-corrected chi connectivity index (χ1v) is 7.88. The van der Waals surface area contributed by atoms with E-state index in [1.807, 2.05) is 34.6 Å². The second-order valence-electron chi connectivity index (χ2n) is 6.56. The molecule has 120 valence electrons. The molecule has 0 aromatic carbocycles. The summed E-state index contributed by atoms with van der Waals surface area (Å²) in [6.07, 6.45) is 4.24. The number of rotatable bonds is 1. The molecule has 0 unspecified atom stereocenters. The van der Waals surface area contributed by atoms with Crippen molar-refractivity contribution >= 4 is 6.47 Å². The SMILES string of the molecule is CC.CC(C)(C)OC=O.CN1CCC2(CCNC2)CC1. The Bertz CT molecular complexity index is 246. The number of ether oxygens (including phenoxy) is 1. The monoisotopic (exact) mass is 286 g/mol. The molecule has 2 heterocycles. The molecule has 4 nitrogen and oxygen atoms in total. The normalized spacial score (nSPS) is 21.3. The van der Waals surface area contributed by atoms with Crippen LogP contribution >= 0.6 is 0 Å². The molecule has 2 saturated heterocycles. The van der Waals surface area contributed by atoms with Gasteiger partial charge >= 0.3 is 0 Å². The Morgan fingerprint density at radius 3 is 2.00 bits per heavy atom. The maximum Gasteiger partial charge on any atom is 0.293 e. The van der Waals surface area contributed by atoms with Gasteiger partial charge in [-0.3, -0.25) is 4.79 Å². The van der Waals surface area contributed by atoms with Gasteiger partial charge in [-0.2, -0.15) is 0 Å². The Balaban J connectivity index is 0.000000352. The summed E-state index contributed by atoms with van der Waals surface area (Å²) in [5.41, 5.74) is 0.383. The Hall–Kier alpha value is -0.610. The third kappa shape index (κ3) is 7.85. The Kier molecular flexibility index (Phi) is 9.06. The molecule has 20 heavy (non-hydrogen) atoms. The van der Waals surface area contributed by atoms with E-state index >= 15 is 0 Å². The fraction of sp³-hybridized carbons (Fsp3) is 0.938. The summed E-state index contributed by atoms with van der Waals surface area (Å²) < 4.78 is 4.55. The zero-order valence-corrected chi connectivity index (χ0v) is 14.3. The molecule has 0 aliphatic carbocycles. The highest BCUT2D eigenvalue weighted by atomic mass is 16.5. The van der Waals surface area contributed by atoms with Gasteiger partial charge in [0.05, 0.1) is 0 Å². The summed E-state index contributed by atoms with van der Waals surface area (Å²) in [6.45, 7) is 15.1. The molecule has 0 radical (unpaired) electrons.